The van der Waals surface area contributed by atoms with E-state index in [1.165, 1.54) is 0 Å². The second kappa shape index (κ2) is 8.35. The summed E-state index contributed by atoms with van der Waals surface area (Å²) < 4.78 is 5.70. The molecule has 2 aromatic carbocycles. The average Bonchev–Trinajstić information content (AvgIpc) is 2.55. The van der Waals surface area contributed by atoms with Gasteiger partial charge in [0, 0.05) is 11.1 Å². The Kier molecular flexibility index (Phi) is 6.16. The summed E-state index contributed by atoms with van der Waals surface area (Å²) in [6, 6.07) is 16.7. The molecule has 116 valence electrons. The zero-order chi connectivity index (χ0) is 15.8. The SMILES string of the molecule is CN(C)CCCCOc1ccc(C(=O)c2ccccc2)cc1. The van der Waals surface area contributed by atoms with Crippen LogP contribution in [0, 0.1) is 0 Å². The number of carbonyl (C=O) groups excluding carboxylic acids is 1. The molecule has 0 N–H and O–H groups in total. The minimum absolute atomic E-state index is 0.0399. The number of rotatable bonds is 8. The molecule has 0 bridgehead atoms. The highest BCUT2D eigenvalue weighted by atomic mass is 16.5. The van der Waals surface area contributed by atoms with Crippen LogP contribution < -0.4 is 4.74 Å². The Morgan fingerprint density at radius 3 is 2.18 bits per heavy atom. The summed E-state index contributed by atoms with van der Waals surface area (Å²) in [6.07, 6.45) is 2.15. The summed E-state index contributed by atoms with van der Waals surface area (Å²) in [5, 5.41) is 0. The van der Waals surface area contributed by atoms with E-state index >= 15 is 0 Å². The normalized spacial score (nSPS) is 10.7. The quantitative estimate of drug-likeness (QED) is 0.550. The monoisotopic (exact) mass is 297 g/mol. The van der Waals surface area contributed by atoms with Crippen molar-refractivity contribution < 1.29 is 9.53 Å². The molecule has 3 heteroatoms. The predicted octanol–water partition coefficient (Wildman–Crippen LogP) is 3.64. The molecule has 0 aliphatic heterocycles. The summed E-state index contributed by atoms with van der Waals surface area (Å²) in [5.41, 5.74) is 1.39. The summed E-state index contributed by atoms with van der Waals surface area (Å²) in [5.74, 6) is 0.854. The van der Waals surface area contributed by atoms with Gasteiger partial charge in [-0.05, 0) is 57.7 Å². The highest BCUT2D eigenvalue weighted by Gasteiger charge is 2.08. The van der Waals surface area contributed by atoms with Crippen LogP contribution in [0.15, 0.2) is 54.6 Å². The minimum atomic E-state index is 0.0399. The molecule has 0 saturated heterocycles. The van der Waals surface area contributed by atoms with Crippen LogP contribution in [0.1, 0.15) is 28.8 Å². The predicted molar refractivity (Wildman–Crippen MR) is 89.6 cm³/mol. The molecule has 0 amide bonds. The molecule has 0 radical (unpaired) electrons. The van der Waals surface area contributed by atoms with Gasteiger partial charge in [0.2, 0.25) is 0 Å². The third-order valence-corrected chi connectivity index (χ3v) is 3.42. The lowest BCUT2D eigenvalue weighted by Crippen LogP contribution is -2.13. The number of hydrogen-bond acceptors (Lipinski definition) is 3. The first-order chi connectivity index (χ1) is 10.7. The number of nitrogens with zero attached hydrogens (tertiary/aromatic N) is 1. The van der Waals surface area contributed by atoms with Crippen molar-refractivity contribution in [3.8, 4) is 5.75 Å². The number of unbranched alkanes of at least 4 members (excludes halogenated alkanes) is 1. The zero-order valence-corrected chi connectivity index (χ0v) is 13.3. The van der Waals surface area contributed by atoms with Crippen LogP contribution in [0.2, 0.25) is 0 Å². The first kappa shape index (κ1) is 16.2. The fourth-order valence-corrected chi connectivity index (χ4v) is 2.18. The van der Waals surface area contributed by atoms with Crippen LogP contribution >= 0.6 is 0 Å². The van der Waals surface area contributed by atoms with Gasteiger partial charge < -0.3 is 9.64 Å². The molecule has 0 saturated carbocycles. The summed E-state index contributed by atoms with van der Waals surface area (Å²) in [6.45, 7) is 1.79. The zero-order valence-electron chi connectivity index (χ0n) is 13.3. The van der Waals surface area contributed by atoms with E-state index in [1.807, 2.05) is 54.6 Å². The third kappa shape index (κ3) is 5.01. The van der Waals surface area contributed by atoms with Crippen molar-refractivity contribution >= 4 is 5.78 Å². The van der Waals surface area contributed by atoms with Crippen molar-refractivity contribution in [3.63, 3.8) is 0 Å². The maximum absolute atomic E-state index is 12.3. The minimum Gasteiger partial charge on any atom is -0.494 e. The first-order valence-corrected chi connectivity index (χ1v) is 7.64. The van der Waals surface area contributed by atoms with Crippen molar-refractivity contribution in [2.24, 2.45) is 0 Å². The van der Waals surface area contributed by atoms with E-state index in [0.717, 1.165) is 25.1 Å². The second-order valence-electron chi connectivity index (χ2n) is 5.58. The lowest BCUT2D eigenvalue weighted by atomic mass is 10.0. The number of carbonyl (C=O) groups is 1. The number of hydrogen-bond donors (Lipinski definition) is 0. The molecule has 0 aliphatic carbocycles. The van der Waals surface area contributed by atoms with Crippen LogP contribution in [0.3, 0.4) is 0 Å². The molecule has 0 fully saturated rings. The molecule has 0 spiro atoms. The molecule has 0 aromatic heterocycles. The van der Waals surface area contributed by atoms with E-state index in [1.54, 1.807) is 0 Å². The van der Waals surface area contributed by atoms with Gasteiger partial charge in [0.25, 0.3) is 0 Å². The van der Waals surface area contributed by atoms with E-state index in [2.05, 4.69) is 19.0 Å². The molecule has 2 aromatic rings. The van der Waals surface area contributed by atoms with Crippen molar-refractivity contribution in [2.45, 2.75) is 12.8 Å². The van der Waals surface area contributed by atoms with E-state index in [-0.39, 0.29) is 5.78 Å². The Balaban J connectivity index is 1.84. The van der Waals surface area contributed by atoms with E-state index in [0.29, 0.717) is 17.7 Å². The first-order valence-electron chi connectivity index (χ1n) is 7.64. The van der Waals surface area contributed by atoms with Gasteiger partial charge in [0.15, 0.2) is 5.78 Å². The molecule has 0 atom stereocenters. The van der Waals surface area contributed by atoms with E-state index in [9.17, 15) is 4.79 Å². The second-order valence-corrected chi connectivity index (χ2v) is 5.58. The number of ketones is 1. The van der Waals surface area contributed by atoms with Crippen molar-refractivity contribution in [1.82, 2.24) is 4.90 Å². The highest BCUT2D eigenvalue weighted by Crippen LogP contribution is 2.15. The maximum atomic E-state index is 12.3. The van der Waals surface area contributed by atoms with Crippen molar-refractivity contribution in [1.29, 1.82) is 0 Å². The molecular formula is C19H23NO2. The maximum Gasteiger partial charge on any atom is 0.193 e. The average molecular weight is 297 g/mol. The Labute approximate surface area is 132 Å². The highest BCUT2D eigenvalue weighted by molar-refractivity contribution is 6.08. The van der Waals surface area contributed by atoms with Gasteiger partial charge in [-0.25, -0.2) is 0 Å². The largest absolute Gasteiger partial charge is 0.494 e. The van der Waals surface area contributed by atoms with Gasteiger partial charge in [-0.3, -0.25) is 4.79 Å². The summed E-state index contributed by atoms with van der Waals surface area (Å²) in [4.78, 5) is 14.4. The van der Waals surface area contributed by atoms with Gasteiger partial charge in [0.1, 0.15) is 5.75 Å². The molecule has 2 rings (SSSR count). The number of ether oxygens (including phenoxy) is 1. The Bertz CT molecular complexity index is 576. The Morgan fingerprint density at radius 1 is 0.909 bits per heavy atom. The van der Waals surface area contributed by atoms with Crippen molar-refractivity contribution in [3.05, 3.63) is 65.7 Å². The van der Waals surface area contributed by atoms with Crippen LogP contribution in [0.5, 0.6) is 5.75 Å². The molecular weight excluding hydrogens is 274 g/mol. The Morgan fingerprint density at radius 2 is 1.55 bits per heavy atom. The smallest absolute Gasteiger partial charge is 0.193 e. The summed E-state index contributed by atoms with van der Waals surface area (Å²) in [7, 11) is 4.15. The van der Waals surface area contributed by atoms with Gasteiger partial charge in [-0.15, -0.1) is 0 Å². The van der Waals surface area contributed by atoms with Crippen LogP contribution in [-0.4, -0.2) is 37.9 Å². The van der Waals surface area contributed by atoms with Crippen molar-refractivity contribution in [2.75, 3.05) is 27.2 Å². The number of benzene rings is 2. The lowest BCUT2D eigenvalue weighted by molar-refractivity contribution is 0.103. The Hall–Kier alpha value is -2.13. The summed E-state index contributed by atoms with van der Waals surface area (Å²) >= 11 is 0. The topological polar surface area (TPSA) is 29.5 Å². The van der Waals surface area contributed by atoms with Crippen LogP contribution in [-0.2, 0) is 0 Å². The molecule has 22 heavy (non-hydrogen) atoms. The van der Waals surface area contributed by atoms with Crippen LogP contribution in [0.4, 0.5) is 0 Å². The van der Waals surface area contributed by atoms with Gasteiger partial charge in [0.05, 0.1) is 6.61 Å². The van der Waals surface area contributed by atoms with Crippen LogP contribution in [0.25, 0.3) is 0 Å². The van der Waals surface area contributed by atoms with E-state index < -0.39 is 0 Å². The van der Waals surface area contributed by atoms with E-state index in [4.69, 9.17) is 4.74 Å². The standard InChI is InChI=1S/C19H23NO2/c1-20(2)14-6-7-15-22-18-12-10-17(11-13-18)19(21)16-8-4-3-5-9-16/h3-5,8-13H,6-7,14-15H2,1-2H3. The molecule has 0 unspecified atom stereocenters. The molecule has 3 nitrogen and oxygen atoms in total. The molecule has 0 heterocycles. The fourth-order valence-electron chi connectivity index (χ4n) is 2.18. The van der Waals surface area contributed by atoms with Gasteiger partial charge in [-0.2, -0.15) is 0 Å². The fraction of sp³-hybridized carbons (Fsp3) is 0.316. The van der Waals surface area contributed by atoms with Gasteiger partial charge >= 0.3 is 0 Å². The third-order valence-electron chi connectivity index (χ3n) is 3.42. The van der Waals surface area contributed by atoms with Gasteiger partial charge in [-0.1, -0.05) is 30.3 Å². The lowest BCUT2D eigenvalue weighted by Gasteiger charge is -2.10. The molecule has 0 aliphatic rings.